The summed E-state index contributed by atoms with van der Waals surface area (Å²) in [5.41, 5.74) is 0.989. The summed E-state index contributed by atoms with van der Waals surface area (Å²) in [6, 6.07) is 1.03. The smallest absolute Gasteiger partial charge is 0.222 e. The fourth-order valence-corrected chi connectivity index (χ4v) is 2.65. The van der Waals surface area contributed by atoms with Crippen molar-refractivity contribution in [3.8, 4) is 11.8 Å². The lowest BCUT2D eigenvalue weighted by Crippen LogP contribution is -2.19. The molecule has 0 spiro atoms. The molecular formula is C13H24O2Si. The minimum atomic E-state index is -1.11. The molecule has 0 radical (unpaired) electrons. The van der Waals surface area contributed by atoms with Gasteiger partial charge in [0, 0.05) is 21.3 Å². The highest BCUT2D eigenvalue weighted by Crippen LogP contribution is 2.13. The van der Waals surface area contributed by atoms with E-state index in [0.717, 1.165) is 11.6 Å². The maximum absolute atomic E-state index is 5.34. The van der Waals surface area contributed by atoms with Crippen molar-refractivity contribution >= 4 is 8.07 Å². The normalized spacial score (nSPS) is 11.1. The average molecular weight is 240 g/mol. The van der Waals surface area contributed by atoms with E-state index in [1.807, 2.05) is 13.8 Å². The molecule has 0 bridgehead atoms. The third kappa shape index (κ3) is 8.72. The zero-order valence-electron chi connectivity index (χ0n) is 11.2. The van der Waals surface area contributed by atoms with E-state index in [4.69, 9.17) is 9.47 Å². The van der Waals surface area contributed by atoms with Crippen molar-refractivity contribution in [1.29, 1.82) is 0 Å². The minimum Gasteiger partial charge on any atom is -0.342 e. The van der Waals surface area contributed by atoms with Crippen LogP contribution in [0.25, 0.3) is 0 Å². The Labute approximate surface area is 101 Å². The Kier molecular flexibility index (Phi) is 7.40. The average Bonchev–Trinajstić information content (AvgIpc) is 2.12. The van der Waals surface area contributed by atoms with Crippen LogP contribution in [0.5, 0.6) is 0 Å². The molecule has 0 unspecified atom stereocenters. The highest BCUT2D eigenvalue weighted by molar-refractivity contribution is 6.76. The number of allylic oxidation sites excluding steroid dienone is 1. The molecule has 16 heavy (non-hydrogen) atoms. The molecule has 0 fully saturated rings. The van der Waals surface area contributed by atoms with Gasteiger partial charge >= 0.3 is 0 Å². The van der Waals surface area contributed by atoms with Crippen molar-refractivity contribution in [2.75, 3.05) is 13.2 Å². The summed E-state index contributed by atoms with van der Waals surface area (Å²) in [4.78, 5) is 0. The molecular weight excluding hydrogens is 216 g/mol. The van der Waals surface area contributed by atoms with Gasteiger partial charge in [0.05, 0.1) is 0 Å². The Balaban J connectivity index is 4.27. The van der Waals surface area contributed by atoms with Crippen LogP contribution < -0.4 is 0 Å². The second-order valence-electron chi connectivity index (χ2n) is 4.85. The Hall–Kier alpha value is -0.563. The van der Waals surface area contributed by atoms with Crippen LogP contribution in [-0.2, 0) is 9.47 Å². The van der Waals surface area contributed by atoms with Crippen LogP contribution in [0.15, 0.2) is 12.2 Å². The van der Waals surface area contributed by atoms with Gasteiger partial charge in [-0.3, -0.25) is 0 Å². The van der Waals surface area contributed by atoms with Gasteiger partial charge in [-0.1, -0.05) is 32.1 Å². The van der Waals surface area contributed by atoms with E-state index < -0.39 is 14.4 Å². The molecule has 0 saturated carbocycles. The van der Waals surface area contributed by atoms with E-state index >= 15 is 0 Å². The predicted molar refractivity (Wildman–Crippen MR) is 72.1 cm³/mol. The van der Waals surface area contributed by atoms with Gasteiger partial charge in [-0.05, 0) is 31.4 Å². The maximum Gasteiger partial charge on any atom is 0.222 e. The standard InChI is InChI=1S/C13H24O2Si/c1-7-14-13(15-8-2)10-9-12(3)11-16(4,5)6/h13H,3,7-8,11H2,1-2,4-6H3. The molecule has 0 atom stereocenters. The molecule has 0 aromatic rings. The van der Waals surface area contributed by atoms with Crippen LogP contribution in [-0.4, -0.2) is 27.6 Å². The van der Waals surface area contributed by atoms with E-state index in [1.54, 1.807) is 0 Å². The van der Waals surface area contributed by atoms with Crippen molar-refractivity contribution in [3.05, 3.63) is 12.2 Å². The van der Waals surface area contributed by atoms with Crippen LogP contribution in [0.4, 0.5) is 0 Å². The van der Waals surface area contributed by atoms with E-state index in [9.17, 15) is 0 Å². The van der Waals surface area contributed by atoms with Gasteiger partial charge in [-0.15, -0.1) is 0 Å². The molecule has 92 valence electrons. The molecule has 0 aliphatic heterocycles. The lowest BCUT2D eigenvalue weighted by atomic mass is 10.3. The summed E-state index contributed by atoms with van der Waals surface area (Å²) >= 11 is 0. The van der Waals surface area contributed by atoms with Crippen molar-refractivity contribution < 1.29 is 9.47 Å². The third-order valence-electron chi connectivity index (χ3n) is 1.75. The minimum absolute atomic E-state index is 0.409. The van der Waals surface area contributed by atoms with Crippen molar-refractivity contribution in [2.45, 2.75) is 45.8 Å². The SMILES string of the molecule is C=C(C#CC(OCC)OCC)C[Si](C)(C)C. The Morgan fingerprint density at radius 1 is 1.19 bits per heavy atom. The molecule has 0 heterocycles. The highest BCUT2D eigenvalue weighted by atomic mass is 28.3. The molecule has 2 nitrogen and oxygen atoms in total. The molecule has 0 aliphatic carbocycles. The summed E-state index contributed by atoms with van der Waals surface area (Å²) < 4.78 is 10.7. The van der Waals surface area contributed by atoms with Gasteiger partial charge in [0.15, 0.2) is 0 Å². The topological polar surface area (TPSA) is 18.5 Å². The summed E-state index contributed by atoms with van der Waals surface area (Å²) in [6.07, 6.45) is -0.409. The quantitative estimate of drug-likeness (QED) is 0.403. The molecule has 3 heteroatoms. The zero-order valence-corrected chi connectivity index (χ0v) is 12.2. The van der Waals surface area contributed by atoms with Crippen LogP contribution in [0.2, 0.25) is 25.7 Å². The second-order valence-corrected chi connectivity index (χ2v) is 10.3. The fourth-order valence-electron chi connectivity index (χ4n) is 1.28. The first-order valence-corrected chi connectivity index (χ1v) is 9.52. The molecule has 0 N–H and O–H groups in total. The van der Waals surface area contributed by atoms with Gasteiger partial charge in [-0.25, -0.2) is 0 Å². The third-order valence-corrected chi connectivity index (χ3v) is 3.23. The van der Waals surface area contributed by atoms with Crippen molar-refractivity contribution in [3.63, 3.8) is 0 Å². The molecule has 0 aromatic heterocycles. The Morgan fingerprint density at radius 2 is 1.69 bits per heavy atom. The first-order chi connectivity index (χ1) is 7.39. The molecule has 0 amide bonds. The van der Waals surface area contributed by atoms with E-state index in [2.05, 4.69) is 38.1 Å². The van der Waals surface area contributed by atoms with E-state index in [1.165, 1.54) is 0 Å². The molecule has 0 aromatic carbocycles. The van der Waals surface area contributed by atoms with Gasteiger partial charge < -0.3 is 9.47 Å². The predicted octanol–water partition coefficient (Wildman–Crippen LogP) is 3.28. The van der Waals surface area contributed by atoms with E-state index in [-0.39, 0.29) is 0 Å². The number of rotatable bonds is 6. The van der Waals surface area contributed by atoms with Crippen LogP contribution in [0, 0.1) is 11.8 Å². The lowest BCUT2D eigenvalue weighted by Gasteiger charge is -2.14. The van der Waals surface area contributed by atoms with Crippen molar-refractivity contribution in [1.82, 2.24) is 0 Å². The van der Waals surface area contributed by atoms with Crippen LogP contribution >= 0.6 is 0 Å². The van der Waals surface area contributed by atoms with Crippen LogP contribution in [0.3, 0.4) is 0 Å². The number of ether oxygens (including phenoxy) is 2. The van der Waals surface area contributed by atoms with E-state index in [0.29, 0.717) is 13.2 Å². The summed E-state index contributed by atoms with van der Waals surface area (Å²) in [6.45, 7) is 16.0. The van der Waals surface area contributed by atoms with Gasteiger partial charge in [0.2, 0.25) is 6.29 Å². The Morgan fingerprint density at radius 3 is 2.06 bits per heavy atom. The molecule has 0 aliphatic rings. The summed E-state index contributed by atoms with van der Waals surface area (Å²) in [5, 5.41) is 0. The fraction of sp³-hybridized carbons (Fsp3) is 0.692. The second kappa shape index (κ2) is 7.67. The van der Waals surface area contributed by atoms with Gasteiger partial charge in [0.1, 0.15) is 0 Å². The van der Waals surface area contributed by atoms with Crippen molar-refractivity contribution in [2.24, 2.45) is 0 Å². The van der Waals surface area contributed by atoms with Gasteiger partial charge in [-0.2, -0.15) is 0 Å². The zero-order chi connectivity index (χ0) is 12.6. The van der Waals surface area contributed by atoms with Crippen LogP contribution in [0.1, 0.15) is 13.8 Å². The van der Waals surface area contributed by atoms with Gasteiger partial charge in [0.25, 0.3) is 0 Å². The first-order valence-electron chi connectivity index (χ1n) is 5.81. The highest BCUT2D eigenvalue weighted by Gasteiger charge is 2.13. The largest absolute Gasteiger partial charge is 0.342 e. The maximum atomic E-state index is 5.34. The lowest BCUT2D eigenvalue weighted by molar-refractivity contribution is -0.0969. The first kappa shape index (κ1) is 15.4. The Bertz CT molecular complexity index is 262. The number of hydrogen-bond donors (Lipinski definition) is 0. The monoisotopic (exact) mass is 240 g/mol. The number of hydrogen-bond acceptors (Lipinski definition) is 2. The molecule has 0 rings (SSSR count). The summed E-state index contributed by atoms with van der Waals surface area (Å²) in [7, 11) is -1.11. The summed E-state index contributed by atoms with van der Waals surface area (Å²) in [5.74, 6) is 6.02. The molecule has 0 saturated heterocycles.